The van der Waals surface area contributed by atoms with Gasteiger partial charge in [0.15, 0.2) is 0 Å². The zero-order valence-electron chi connectivity index (χ0n) is 12.8. The Hall–Kier alpha value is -4.22. The standard InChI is InChI=1S/C14H9N5O7/c20-14(10-5-11(17(21)22)7-12(6-10)18(23)24)16-15-8-9-3-1-2-4-13(9)19(25)26/h1-8H,(H,16,20). The Labute approximate surface area is 144 Å². The van der Waals surface area contributed by atoms with E-state index in [1.54, 1.807) is 0 Å². The van der Waals surface area contributed by atoms with Crippen molar-refractivity contribution in [2.45, 2.75) is 0 Å². The lowest BCUT2D eigenvalue weighted by atomic mass is 10.1. The Balaban J connectivity index is 2.24. The topological polar surface area (TPSA) is 171 Å². The van der Waals surface area contributed by atoms with Crippen molar-refractivity contribution in [1.29, 1.82) is 0 Å². The van der Waals surface area contributed by atoms with Gasteiger partial charge < -0.3 is 0 Å². The number of hydrazone groups is 1. The maximum absolute atomic E-state index is 12.0. The first-order valence-corrected chi connectivity index (χ1v) is 6.80. The summed E-state index contributed by atoms with van der Waals surface area (Å²) in [6, 6.07) is 8.04. The number of amides is 1. The molecule has 0 saturated carbocycles. The van der Waals surface area contributed by atoms with E-state index in [1.165, 1.54) is 24.3 Å². The lowest BCUT2D eigenvalue weighted by Gasteiger charge is -2.01. The van der Waals surface area contributed by atoms with Gasteiger partial charge in [-0.05, 0) is 6.07 Å². The quantitative estimate of drug-likeness (QED) is 0.467. The summed E-state index contributed by atoms with van der Waals surface area (Å²) in [4.78, 5) is 42.1. The van der Waals surface area contributed by atoms with Gasteiger partial charge in [-0.2, -0.15) is 5.10 Å². The molecule has 2 aromatic carbocycles. The molecule has 0 bridgehead atoms. The first kappa shape index (κ1) is 18.1. The average Bonchev–Trinajstić information content (AvgIpc) is 2.61. The Bertz CT molecular complexity index is 909. The molecule has 1 amide bonds. The van der Waals surface area contributed by atoms with Crippen molar-refractivity contribution >= 4 is 29.2 Å². The number of benzene rings is 2. The van der Waals surface area contributed by atoms with E-state index in [0.29, 0.717) is 6.07 Å². The Morgan fingerprint density at radius 1 is 0.923 bits per heavy atom. The highest BCUT2D eigenvalue weighted by Gasteiger charge is 2.19. The molecule has 0 unspecified atom stereocenters. The number of nitro groups is 3. The van der Waals surface area contributed by atoms with Gasteiger partial charge in [0.2, 0.25) is 0 Å². The van der Waals surface area contributed by atoms with Gasteiger partial charge in [0.05, 0.1) is 38.2 Å². The van der Waals surface area contributed by atoms with E-state index >= 15 is 0 Å². The number of hydrogen-bond acceptors (Lipinski definition) is 8. The van der Waals surface area contributed by atoms with Crippen LogP contribution in [-0.2, 0) is 0 Å². The highest BCUT2D eigenvalue weighted by molar-refractivity contribution is 5.96. The number of nitrogens with one attached hydrogen (secondary N) is 1. The molecule has 0 radical (unpaired) electrons. The van der Waals surface area contributed by atoms with Gasteiger partial charge in [0.1, 0.15) is 0 Å². The molecular weight excluding hydrogens is 350 g/mol. The van der Waals surface area contributed by atoms with Crippen LogP contribution in [0.4, 0.5) is 17.1 Å². The average molecular weight is 359 g/mol. The van der Waals surface area contributed by atoms with Crippen molar-refractivity contribution in [2.75, 3.05) is 0 Å². The molecule has 0 aliphatic heterocycles. The van der Waals surface area contributed by atoms with Gasteiger partial charge in [-0.1, -0.05) is 12.1 Å². The van der Waals surface area contributed by atoms with E-state index in [-0.39, 0.29) is 16.8 Å². The third kappa shape index (κ3) is 4.19. The van der Waals surface area contributed by atoms with Crippen LogP contribution >= 0.6 is 0 Å². The van der Waals surface area contributed by atoms with Gasteiger partial charge in [-0.3, -0.25) is 35.1 Å². The molecule has 0 heterocycles. The number of rotatable bonds is 6. The van der Waals surface area contributed by atoms with Gasteiger partial charge in [-0.15, -0.1) is 0 Å². The summed E-state index contributed by atoms with van der Waals surface area (Å²) in [7, 11) is 0. The fraction of sp³-hybridized carbons (Fsp3) is 0. The Morgan fingerprint density at radius 2 is 1.50 bits per heavy atom. The van der Waals surface area contributed by atoms with Crippen LogP contribution in [0.25, 0.3) is 0 Å². The predicted octanol–water partition coefficient (Wildman–Crippen LogP) is 2.18. The Kier molecular flexibility index (Phi) is 5.27. The van der Waals surface area contributed by atoms with Crippen LogP contribution in [0.15, 0.2) is 47.6 Å². The van der Waals surface area contributed by atoms with Crippen LogP contribution in [-0.4, -0.2) is 26.9 Å². The lowest BCUT2D eigenvalue weighted by Crippen LogP contribution is -2.18. The fourth-order valence-electron chi connectivity index (χ4n) is 1.93. The number of hydrogen-bond donors (Lipinski definition) is 1. The van der Waals surface area contributed by atoms with Crippen LogP contribution in [0, 0.1) is 30.3 Å². The number of nitrogens with zero attached hydrogens (tertiary/aromatic N) is 4. The summed E-state index contributed by atoms with van der Waals surface area (Å²) in [6.45, 7) is 0. The lowest BCUT2D eigenvalue weighted by molar-refractivity contribution is -0.394. The first-order valence-electron chi connectivity index (χ1n) is 6.80. The molecular formula is C14H9N5O7. The maximum atomic E-state index is 12.0. The predicted molar refractivity (Wildman–Crippen MR) is 87.9 cm³/mol. The second-order valence-corrected chi connectivity index (χ2v) is 4.77. The number of para-hydroxylation sites is 1. The zero-order chi connectivity index (χ0) is 19.3. The van der Waals surface area contributed by atoms with Crippen molar-refractivity contribution in [3.63, 3.8) is 0 Å². The first-order chi connectivity index (χ1) is 12.3. The van der Waals surface area contributed by atoms with Gasteiger partial charge in [0.25, 0.3) is 23.0 Å². The zero-order valence-corrected chi connectivity index (χ0v) is 12.8. The van der Waals surface area contributed by atoms with E-state index in [9.17, 15) is 35.1 Å². The molecule has 12 heteroatoms. The van der Waals surface area contributed by atoms with Crippen molar-refractivity contribution in [2.24, 2.45) is 5.10 Å². The molecule has 2 rings (SSSR count). The largest absolute Gasteiger partial charge is 0.278 e. The Morgan fingerprint density at radius 3 is 2.04 bits per heavy atom. The molecule has 0 fully saturated rings. The van der Waals surface area contributed by atoms with E-state index in [4.69, 9.17) is 0 Å². The van der Waals surface area contributed by atoms with Crippen molar-refractivity contribution in [1.82, 2.24) is 5.43 Å². The molecule has 132 valence electrons. The van der Waals surface area contributed by atoms with Crippen molar-refractivity contribution < 1.29 is 19.6 Å². The number of carbonyl (C=O) groups is 1. The second-order valence-electron chi connectivity index (χ2n) is 4.77. The summed E-state index contributed by atoms with van der Waals surface area (Å²) < 4.78 is 0. The number of carbonyl (C=O) groups excluding carboxylic acids is 1. The number of nitro benzene ring substituents is 3. The summed E-state index contributed by atoms with van der Waals surface area (Å²) >= 11 is 0. The highest BCUT2D eigenvalue weighted by Crippen LogP contribution is 2.22. The molecule has 26 heavy (non-hydrogen) atoms. The summed E-state index contributed by atoms with van der Waals surface area (Å²) in [5, 5.41) is 36.0. The second kappa shape index (κ2) is 7.57. The number of non-ortho nitro benzene ring substituents is 2. The highest BCUT2D eigenvalue weighted by atomic mass is 16.6. The van der Waals surface area contributed by atoms with E-state index < -0.39 is 32.1 Å². The third-order valence-corrected chi connectivity index (χ3v) is 3.09. The smallest absolute Gasteiger partial charge is 0.267 e. The van der Waals surface area contributed by atoms with Crippen molar-refractivity contribution in [3.8, 4) is 0 Å². The summed E-state index contributed by atoms with van der Waals surface area (Å²) in [5.41, 5.74) is 0.262. The minimum absolute atomic E-state index is 0.114. The fourth-order valence-corrected chi connectivity index (χ4v) is 1.93. The maximum Gasteiger partial charge on any atom is 0.278 e. The molecule has 0 aromatic heterocycles. The van der Waals surface area contributed by atoms with Crippen LogP contribution < -0.4 is 5.43 Å². The monoisotopic (exact) mass is 359 g/mol. The van der Waals surface area contributed by atoms with Crippen LogP contribution in [0.3, 0.4) is 0 Å². The molecule has 12 nitrogen and oxygen atoms in total. The van der Waals surface area contributed by atoms with E-state index in [0.717, 1.165) is 18.3 Å². The summed E-state index contributed by atoms with van der Waals surface area (Å²) in [6.07, 6.45) is 1.02. The van der Waals surface area contributed by atoms with Gasteiger partial charge >= 0.3 is 0 Å². The van der Waals surface area contributed by atoms with Crippen molar-refractivity contribution in [3.05, 3.63) is 83.9 Å². The third-order valence-electron chi connectivity index (χ3n) is 3.09. The molecule has 0 spiro atoms. The normalized spacial score (nSPS) is 10.5. The molecule has 0 saturated heterocycles. The SMILES string of the molecule is O=C(NN=Cc1ccccc1[N+](=O)[O-])c1cc([N+](=O)[O-])cc([N+](=O)[O-])c1. The molecule has 0 atom stereocenters. The van der Waals surface area contributed by atoms with E-state index in [2.05, 4.69) is 5.10 Å². The van der Waals surface area contributed by atoms with Gasteiger partial charge in [0, 0.05) is 18.2 Å². The molecule has 2 aromatic rings. The van der Waals surface area contributed by atoms with Gasteiger partial charge in [-0.25, -0.2) is 5.43 Å². The summed E-state index contributed by atoms with van der Waals surface area (Å²) in [5.74, 6) is -0.952. The van der Waals surface area contributed by atoms with Crippen LogP contribution in [0.2, 0.25) is 0 Å². The minimum atomic E-state index is -0.952. The molecule has 0 aliphatic carbocycles. The van der Waals surface area contributed by atoms with Crippen LogP contribution in [0.1, 0.15) is 15.9 Å². The molecule has 1 N–H and O–H groups in total. The minimum Gasteiger partial charge on any atom is -0.267 e. The van der Waals surface area contributed by atoms with Crippen LogP contribution in [0.5, 0.6) is 0 Å². The molecule has 0 aliphatic rings. The van der Waals surface area contributed by atoms with E-state index in [1.807, 2.05) is 5.43 Å².